The fraction of sp³-hybridized carbons (Fsp3) is 0.0612. The molecule has 51 heavy (non-hydrogen) atoms. The molecule has 248 valence electrons. The Kier molecular flexibility index (Phi) is 9.78. The molecular formula is C49H41NS. The Morgan fingerprint density at radius 3 is 2.08 bits per heavy atom. The summed E-state index contributed by atoms with van der Waals surface area (Å²) in [6.45, 7) is 13.5. The van der Waals surface area contributed by atoms with Crippen LogP contribution < -0.4 is 0 Å². The number of benzene rings is 6. The van der Waals surface area contributed by atoms with Crippen molar-refractivity contribution in [3.05, 3.63) is 181 Å². The summed E-state index contributed by atoms with van der Waals surface area (Å²) in [4.78, 5) is 1.21. The van der Waals surface area contributed by atoms with Gasteiger partial charge in [-0.1, -0.05) is 146 Å². The number of thiophene rings is 1. The highest BCUT2D eigenvalue weighted by molar-refractivity contribution is 7.20. The topological polar surface area (TPSA) is 4.93 Å². The molecule has 2 aromatic heterocycles. The molecule has 6 aromatic carbocycles. The lowest BCUT2D eigenvalue weighted by molar-refractivity contribution is 1.18. The van der Waals surface area contributed by atoms with Crippen LogP contribution >= 0.6 is 11.3 Å². The molecule has 0 atom stereocenters. The standard InChI is InChI=1S/C46H35NS.C3H6/c1-4-7-9-19-34-29-35(31-16-10-8-11-17-31)30-42-44(34)45-37-20-13-12-18-32(37)25-28-41(45)47(42)36-26-23-33(24-27-36)38-21-14-22-40-39(15-5-2)43(6-3)48-46(38)40;1-3-2/h4-30H,3H2,1-2H3;3H,1H2,2H3/b7-4-,15-5-,19-9-;. The Morgan fingerprint density at radius 2 is 1.33 bits per heavy atom. The van der Waals surface area contributed by atoms with E-state index in [1.54, 1.807) is 6.08 Å². The maximum atomic E-state index is 4.10. The van der Waals surface area contributed by atoms with Crippen LogP contribution in [0.3, 0.4) is 0 Å². The van der Waals surface area contributed by atoms with Crippen LogP contribution in [-0.4, -0.2) is 4.57 Å². The number of fused-ring (bicyclic) bond motifs is 6. The van der Waals surface area contributed by atoms with E-state index in [0.29, 0.717) is 0 Å². The van der Waals surface area contributed by atoms with Crippen LogP contribution in [0.15, 0.2) is 165 Å². The number of hydrogen-bond acceptors (Lipinski definition) is 1. The van der Waals surface area contributed by atoms with Gasteiger partial charge in [0.05, 0.1) is 11.0 Å². The molecule has 0 aliphatic rings. The van der Waals surface area contributed by atoms with Gasteiger partial charge in [0.2, 0.25) is 0 Å². The zero-order valence-corrected chi connectivity index (χ0v) is 30.3. The summed E-state index contributed by atoms with van der Waals surface area (Å²) in [6, 6.07) is 44.5. The second-order valence-corrected chi connectivity index (χ2v) is 13.5. The highest BCUT2D eigenvalue weighted by Gasteiger charge is 2.19. The summed E-state index contributed by atoms with van der Waals surface area (Å²) in [5.74, 6) is 0. The number of aromatic nitrogens is 1. The number of nitrogens with zero attached hydrogens (tertiary/aromatic N) is 1. The Hall–Kier alpha value is -5.96. The average Bonchev–Trinajstić information content (AvgIpc) is 3.71. The summed E-state index contributed by atoms with van der Waals surface area (Å²) < 4.78 is 3.74. The van der Waals surface area contributed by atoms with E-state index < -0.39 is 0 Å². The number of hydrogen-bond donors (Lipinski definition) is 0. The van der Waals surface area contributed by atoms with Crippen molar-refractivity contribution < 1.29 is 0 Å². The first-order valence-electron chi connectivity index (χ1n) is 17.4. The summed E-state index contributed by atoms with van der Waals surface area (Å²) in [6.07, 6.45) is 16.6. The Morgan fingerprint density at radius 1 is 0.588 bits per heavy atom. The predicted octanol–water partition coefficient (Wildman–Crippen LogP) is 14.9. The lowest BCUT2D eigenvalue weighted by Crippen LogP contribution is -1.94. The molecule has 0 amide bonds. The van der Waals surface area contributed by atoms with Gasteiger partial charge in [-0.25, -0.2) is 0 Å². The average molecular weight is 676 g/mol. The molecule has 2 heterocycles. The Bertz CT molecular complexity index is 2620. The van der Waals surface area contributed by atoms with Crippen LogP contribution in [0.1, 0.15) is 36.8 Å². The summed E-state index contributed by atoms with van der Waals surface area (Å²) in [5.41, 5.74) is 10.9. The van der Waals surface area contributed by atoms with Gasteiger partial charge in [-0.2, -0.15) is 0 Å². The van der Waals surface area contributed by atoms with Gasteiger partial charge in [-0.05, 0) is 95.3 Å². The van der Waals surface area contributed by atoms with Gasteiger partial charge in [0.1, 0.15) is 0 Å². The smallest absolute Gasteiger partial charge is 0.0553 e. The van der Waals surface area contributed by atoms with E-state index in [9.17, 15) is 0 Å². The molecule has 0 saturated carbocycles. The van der Waals surface area contributed by atoms with Crippen molar-refractivity contribution >= 4 is 72.2 Å². The molecule has 0 spiro atoms. The molecule has 0 radical (unpaired) electrons. The minimum atomic E-state index is 1.14. The zero-order chi connectivity index (χ0) is 35.3. The van der Waals surface area contributed by atoms with E-state index in [-0.39, 0.29) is 0 Å². The molecule has 2 heteroatoms. The minimum absolute atomic E-state index is 1.14. The van der Waals surface area contributed by atoms with Gasteiger partial charge in [0.15, 0.2) is 0 Å². The van der Waals surface area contributed by atoms with Gasteiger partial charge in [0, 0.05) is 31.4 Å². The van der Waals surface area contributed by atoms with Crippen molar-refractivity contribution in [1.29, 1.82) is 0 Å². The molecular weight excluding hydrogens is 635 g/mol. The highest BCUT2D eigenvalue weighted by atomic mass is 32.1. The Balaban J connectivity index is 0.00000131. The van der Waals surface area contributed by atoms with E-state index in [2.05, 4.69) is 189 Å². The van der Waals surface area contributed by atoms with Crippen molar-refractivity contribution in [3.63, 3.8) is 0 Å². The van der Waals surface area contributed by atoms with Crippen molar-refractivity contribution in [3.8, 4) is 27.9 Å². The molecule has 8 aromatic rings. The molecule has 0 saturated heterocycles. The summed E-state index contributed by atoms with van der Waals surface area (Å²) in [5, 5.41) is 6.33. The second-order valence-electron chi connectivity index (χ2n) is 12.4. The van der Waals surface area contributed by atoms with E-state index in [1.165, 1.54) is 80.9 Å². The second kappa shape index (κ2) is 14.9. The van der Waals surface area contributed by atoms with Crippen LogP contribution in [0.2, 0.25) is 0 Å². The first kappa shape index (κ1) is 33.5. The third kappa shape index (κ3) is 6.20. The SMILES string of the molecule is C=CC.C=Cc1sc2c(-c3ccc(-n4c5cc(-c6ccccc6)cc(/C=C\C=C/C)c5c5c6ccccc6ccc54)cc3)cccc2c1/C=C\C. The molecule has 0 fully saturated rings. The maximum absolute atomic E-state index is 4.10. The van der Waals surface area contributed by atoms with Gasteiger partial charge in [-0.15, -0.1) is 17.9 Å². The molecule has 0 bridgehead atoms. The normalized spacial score (nSPS) is 11.7. The monoisotopic (exact) mass is 675 g/mol. The van der Waals surface area contributed by atoms with Crippen LogP contribution in [0.25, 0.3) is 88.8 Å². The van der Waals surface area contributed by atoms with Gasteiger partial charge >= 0.3 is 0 Å². The molecule has 0 aliphatic heterocycles. The third-order valence-corrected chi connectivity index (χ3v) is 10.5. The van der Waals surface area contributed by atoms with Gasteiger partial charge < -0.3 is 4.57 Å². The third-order valence-electron chi connectivity index (χ3n) is 9.21. The minimum Gasteiger partial charge on any atom is -0.309 e. The van der Waals surface area contributed by atoms with Crippen molar-refractivity contribution in [1.82, 2.24) is 4.57 Å². The van der Waals surface area contributed by atoms with Crippen LogP contribution in [0.5, 0.6) is 0 Å². The maximum Gasteiger partial charge on any atom is 0.0553 e. The number of allylic oxidation sites excluding steroid dienone is 5. The van der Waals surface area contributed by atoms with Crippen LogP contribution in [-0.2, 0) is 0 Å². The fourth-order valence-corrected chi connectivity index (χ4v) is 8.25. The first-order valence-corrected chi connectivity index (χ1v) is 18.3. The lowest BCUT2D eigenvalue weighted by atomic mass is 9.96. The largest absolute Gasteiger partial charge is 0.309 e. The van der Waals surface area contributed by atoms with E-state index >= 15 is 0 Å². The fourth-order valence-electron chi connectivity index (χ4n) is 7.08. The highest BCUT2D eigenvalue weighted by Crippen LogP contribution is 2.43. The molecule has 8 rings (SSSR count). The quantitative estimate of drug-likeness (QED) is 0.117. The van der Waals surface area contributed by atoms with Crippen LogP contribution in [0, 0.1) is 0 Å². The predicted molar refractivity (Wildman–Crippen MR) is 229 cm³/mol. The van der Waals surface area contributed by atoms with Gasteiger partial charge in [-0.3, -0.25) is 0 Å². The summed E-state index contributed by atoms with van der Waals surface area (Å²) >= 11 is 1.82. The van der Waals surface area contributed by atoms with Gasteiger partial charge in [0.25, 0.3) is 0 Å². The van der Waals surface area contributed by atoms with E-state index in [0.717, 1.165) is 5.69 Å². The number of rotatable bonds is 7. The molecule has 0 aliphatic carbocycles. The van der Waals surface area contributed by atoms with Crippen molar-refractivity contribution in [2.24, 2.45) is 0 Å². The molecule has 0 unspecified atom stereocenters. The Labute approximate surface area is 305 Å². The van der Waals surface area contributed by atoms with Crippen molar-refractivity contribution in [2.45, 2.75) is 20.8 Å². The molecule has 0 N–H and O–H groups in total. The van der Waals surface area contributed by atoms with Crippen LogP contribution in [0.4, 0.5) is 0 Å². The van der Waals surface area contributed by atoms with E-state index in [4.69, 9.17) is 0 Å². The molecule has 1 nitrogen and oxygen atoms in total. The van der Waals surface area contributed by atoms with Crippen molar-refractivity contribution in [2.75, 3.05) is 0 Å². The summed E-state index contributed by atoms with van der Waals surface area (Å²) in [7, 11) is 0. The van der Waals surface area contributed by atoms with E-state index in [1.807, 2.05) is 24.3 Å². The first-order chi connectivity index (χ1) is 25.1. The zero-order valence-electron chi connectivity index (χ0n) is 29.4. The lowest BCUT2D eigenvalue weighted by Gasteiger charge is -2.12.